The first-order valence-corrected chi connectivity index (χ1v) is 7.06. The Morgan fingerprint density at radius 1 is 1.24 bits per heavy atom. The zero-order chi connectivity index (χ0) is 15.2. The third-order valence-corrected chi connectivity index (χ3v) is 3.54. The van der Waals surface area contributed by atoms with E-state index < -0.39 is 17.7 Å². The van der Waals surface area contributed by atoms with Gasteiger partial charge in [-0.3, -0.25) is 4.90 Å². The number of nitrogens with two attached hydrogens (primary N) is 1. The average molecular weight is 294 g/mol. The van der Waals surface area contributed by atoms with Crippen LogP contribution in [0.25, 0.3) is 0 Å². The van der Waals surface area contributed by atoms with Crippen molar-refractivity contribution in [2.45, 2.75) is 25.9 Å². The molecule has 0 saturated heterocycles. The van der Waals surface area contributed by atoms with E-state index in [1.165, 1.54) is 12.1 Å². The molecule has 0 bridgehead atoms. The van der Waals surface area contributed by atoms with Gasteiger partial charge in [0, 0.05) is 18.2 Å². The summed E-state index contributed by atoms with van der Waals surface area (Å²) in [6.07, 6.45) is 2.19. The Bertz CT molecular complexity index is 557. The maximum atomic E-state index is 13.7. The number of nitrogens with zero attached hydrogens (tertiary/aromatic N) is 1. The molecule has 1 aromatic carbocycles. The van der Waals surface area contributed by atoms with Gasteiger partial charge in [0.25, 0.3) is 0 Å². The van der Waals surface area contributed by atoms with Crippen LogP contribution in [0.15, 0.2) is 41.0 Å². The Hall–Kier alpha value is -1.72. The zero-order valence-electron chi connectivity index (χ0n) is 12.1. The van der Waals surface area contributed by atoms with Crippen molar-refractivity contribution in [1.29, 1.82) is 0 Å². The second-order valence-electron chi connectivity index (χ2n) is 4.99. The van der Waals surface area contributed by atoms with Gasteiger partial charge in [0.1, 0.15) is 5.76 Å². The maximum absolute atomic E-state index is 13.7. The minimum absolute atomic E-state index is 0.226. The highest BCUT2D eigenvalue weighted by molar-refractivity contribution is 5.22. The molecule has 2 aromatic rings. The number of furan rings is 1. The normalized spacial score (nSPS) is 12.8. The largest absolute Gasteiger partial charge is 0.468 e. The molecule has 1 aromatic heterocycles. The molecule has 21 heavy (non-hydrogen) atoms. The SMILES string of the molecule is CCN(CCC(N)c1cccc(F)c1F)Cc1ccco1. The predicted octanol–water partition coefficient (Wildman–Crippen LogP) is 3.47. The third kappa shape index (κ3) is 4.12. The second-order valence-corrected chi connectivity index (χ2v) is 4.99. The van der Waals surface area contributed by atoms with Gasteiger partial charge >= 0.3 is 0 Å². The van der Waals surface area contributed by atoms with E-state index in [-0.39, 0.29) is 5.56 Å². The third-order valence-electron chi connectivity index (χ3n) is 3.54. The van der Waals surface area contributed by atoms with Crippen molar-refractivity contribution in [3.8, 4) is 0 Å². The lowest BCUT2D eigenvalue weighted by molar-refractivity contribution is 0.246. The van der Waals surface area contributed by atoms with Crippen molar-refractivity contribution < 1.29 is 13.2 Å². The van der Waals surface area contributed by atoms with E-state index in [0.29, 0.717) is 19.5 Å². The Kier molecular flexibility index (Phi) is 5.47. The van der Waals surface area contributed by atoms with Crippen molar-refractivity contribution in [3.05, 3.63) is 59.6 Å². The highest BCUT2D eigenvalue weighted by Gasteiger charge is 2.16. The maximum Gasteiger partial charge on any atom is 0.163 e. The van der Waals surface area contributed by atoms with Gasteiger partial charge in [-0.05, 0) is 31.2 Å². The summed E-state index contributed by atoms with van der Waals surface area (Å²) in [5.41, 5.74) is 6.21. The molecule has 0 amide bonds. The first kappa shape index (κ1) is 15.7. The van der Waals surface area contributed by atoms with Gasteiger partial charge < -0.3 is 10.2 Å². The van der Waals surface area contributed by atoms with E-state index >= 15 is 0 Å². The molecule has 5 heteroatoms. The summed E-state index contributed by atoms with van der Waals surface area (Å²) >= 11 is 0. The first-order chi connectivity index (χ1) is 10.1. The van der Waals surface area contributed by atoms with Crippen LogP contribution in [-0.2, 0) is 6.54 Å². The molecule has 0 saturated carbocycles. The van der Waals surface area contributed by atoms with Crippen molar-refractivity contribution in [2.24, 2.45) is 5.73 Å². The molecule has 0 fully saturated rings. The van der Waals surface area contributed by atoms with Gasteiger partial charge in [0.05, 0.1) is 12.8 Å². The number of halogens is 2. The minimum Gasteiger partial charge on any atom is -0.468 e. The van der Waals surface area contributed by atoms with Crippen molar-refractivity contribution in [2.75, 3.05) is 13.1 Å². The van der Waals surface area contributed by atoms with Gasteiger partial charge in [0.2, 0.25) is 0 Å². The molecular weight excluding hydrogens is 274 g/mol. The highest BCUT2D eigenvalue weighted by atomic mass is 19.2. The fourth-order valence-electron chi connectivity index (χ4n) is 2.26. The van der Waals surface area contributed by atoms with Crippen LogP contribution >= 0.6 is 0 Å². The summed E-state index contributed by atoms with van der Waals surface area (Å²) in [7, 11) is 0. The second kappa shape index (κ2) is 7.33. The summed E-state index contributed by atoms with van der Waals surface area (Å²) in [5.74, 6) is -0.827. The molecule has 114 valence electrons. The van der Waals surface area contributed by atoms with Crippen LogP contribution in [0.3, 0.4) is 0 Å². The minimum atomic E-state index is -0.856. The lowest BCUT2D eigenvalue weighted by atomic mass is 10.0. The molecule has 0 spiro atoms. The number of rotatable bonds is 7. The van der Waals surface area contributed by atoms with Gasteiger partial charge in [-0.15, -0.1) is 0 Å². The van der Waals surface area contributed by atoms with Crippen LogP contribution in [0.2, 0.25) is 0 Å². The summed E-state index contributed by atoms with van der Waals surface area (Å²) in [6.45, 7) is 4.24. The van der Waals surface area contributed by atoms with Gasteiger partial charge in [-0.2, -0.15) is 0 Å². The van der Waals surface area contributed by atoms with Crippen molar-refractivity contribution in [3.63, 3.8) is 0 Å². The molecule has 0 aliphatic rings. The summed E-state index contributed by atoms with van der Waals surface area (Å²) < 4.78 is 32.2. The molecule has 1 atom stereocenters. The van der Waals surface area contributed by atoms with E-state index in [1.54, 1.807) is 6.26 Å². The van der Waals surface area contributed by atoms with E-state index in [1.807, 2.05) is 19.1 Å². The fraction of sp³-hybridized carbons (Fsp3) is 0.375. The van der Waals surface area contributed by atoms with E-state index in [9.17, 15) is 8.78 Å². The standard InChI is InChI=1S/C16H20F2N2O/c1-2-20(11-12-5-4-10-21-12)9-8-15(19)13-6-3-7-14(17)16(13)18/h3-7,10,15H,2,8-9,11,19H2,1H3. The van der Waals surface area contributed by atoms with Crippen molar-refractivity contribution >= 4 is 0 Å². The molecule has 2 N–H and O–H groups in total. The van der Waals surface area contributed by atoms with E-state index in [0.717, 1.165) is 18.4 Å². The van der Waals surface area contributed by atoms with E-state index in [4.69, 9.17) is 10.2 Å². The topological polar surface area (TPSA) is 42.4 Å². The molecule has 2 rings (SSSR count). The lowest BCUT2D eigenvalue weighted by Gasteiger charge is -2.21. The molecular formula is C16H20F2N2O. The quantitative estimate of drug-likeness (QED) is 0.850. The number of benzene rings is 1. The van der Waals surface area contributed by atoms with Gasteiger partial charge in [-0.25, -0.2) is 8.78 Å². The Labute approximate surface area is 123 Å². The van der Waals surface area contributed by atoms with E-state index in [2.05, 4.69) is 4.90 Å². The number of hydrogen-bond acceptors (Lipinski definition) is 3. The first-order valence-electron chi connectivity index (χ1n) is 7.06. The van der Waals surface area contributed by atoms with Crippen LogP contribution in [-0.4, -0.2) is 18.0 Å². The van der Waals surface area contributed by atoms with Gasteiger partial charge in [-0.1, -0.05) is 19.1 Å². The summed E-state index contributed by atoms with van der Waals surface area (Å²) in [5, 5.41) is 0. The molecule has 0 radical (unpaired) electrons. The number of hydrogen-bond donors (Lipinski definition) is 1. The molecule has 0 aliphatic heterocycles. The van der Waals surface area contributed by atoms with Crippen LogP contribution in [0, 0.1) is 11.6 Å². The van der Waals surface area contributed by atoms with Crippen LogP contribution < -0.4 is 5.73 Å². The van der Waals surface area contributed by atoms with Crippen LogP contribution in [0.5, 0.6) is 0 Å². The van der Waals surface area contributed by atoms with Crippen LogP contribution in [0.1, 0.15) is 30.7 Å². The predicted molar refractivity (Wildman–Crippen MR) is 77.6 cm³/mol. The summed E-state index contributed by atoms with van der Waals surface area (Å²) in [4.78, 5) is 2.15. The summed E-state index contributed by atoms with van der Waals surface area (Å²) in [6, 6.07) is 7.35. The van der Waals surface area contributed by atoms with Gasteiger partial charge in [0.15, 0.2) is 11.6 Å². The Morgan fingerprint density at radius 2 is 2.05 bits per heavy atom. The zero-order valence-corrected chi connectivity index (χ0v) is 12.1. The molecule has 1 unspecified atom stereocenters. The molecule has 3 nitrogen and oxygen atoms in total. The highest BCUT2D eigenvalue weighted by Crippen LogP contribution is 2.20. The average Bonchev–Trinajstić information content (AvgIpc) is 2.99. The van der Waals surface area contributed by atoms with Crippen molar-refractivity contribution in [1.82, 2.24) is 4.90 Å². The Balaban J connectivity index is 1.92. The smallest absolute Gasteiger partial charge is 0.163 e. The fourth-order valence-corrected chi connectivity index (χ4v) is 2.26. The monoisotopic (exact) mass is 294 g/mol. The van der Waals surface area contributed by atoms with Crippen LogP contribution in [0.4, 0.5) is 8.78 Å². The molecule has 0 aliphatic carbocycles. The lowest BCUT2D eigenvalue weighted by Crippen LogP contribution is -2.27. The Morgan fingerprint density at radius 3 is 2.71 bits per heavy atom. The molecule has 1 heterocycles.